The summed E-state index contributed by atoms with van der Waals surface area (Å²) in [6.45, 7) is 1.37. The van der Waals surface area contributed by atoms with E-state index in [4.69, 9.17) is 21.4 Å². The standard InChI is InChI=1S/C12H16ClNO3/c13-10-3-8-1-2-17-12(8)9(4-10)5-14-6-11(16)7-15/h3-4,11,14-16H,1-2,5-7H2. The van der Waals surface area contributed by atoms with E-state index in [1.165, 1.54) is 0 Å². The molecule has 1 aliphatic rings. The fraction of sp³-hybridized carbons (Fsp3) is 0.500. The van der Waals surface area contributed by atoms with Crippen LogP contribution in [0.4, 0.5) is 0 Å². The van der Waals surface area contributed by atoms with Gasteiger partial charge in [0.25, 0.3) is 0 Å². The van der Waals surface area contributed by atoms with E-state index >= 15 is 0 Å². The normalized spacial score (nSPS) is 15.5. The van der Waals surface area contributed by atoms with E-state index in [1.807, 2.05) is 12.1 Å². The van der Waals surface area contributed by atoms with Gasteiger partial charge in [0.05, 0.1) is 19.3 Å². The summed E-state index contributed by atoms with van der Waals surface area (Å²) >= 11 is 6.02. The first-order valence-corrected chi connectivity index (χ1v) is 6.02. The fourth-order valence-corrected chi connectivity index (χ4v) is 2.18. The molecular weight excluding hydrogens is 242 g/mol. The van der Waals surface area contributed by atoms with E-state index in [9.17, 15) is 5.11 Å². The first kappa shape index (κ1) is 12.6. The Morgan fingerprint density at radius 1 is 1.47 bits per heavy atom. The van der Waals surface area contributed by atoms with Crippen molar-refractivity contribution in [3.8, 4) is 5.75 Å². The minimum atomic E-state index is -0.733. The maximum absolute atomic E-state index is 9.21. The Bertz CT molecular complexity index is 398. The van der Waals surface area contributed by atoms with Gasteiger partial charge in [0, 0.05) is 30.1 Å². The second-order valence-electron chi connectivity index (χ2n) is 4.12. The van der Waals surface area contributed by atoms with Crippen LogP contribution in [-0.2, 0) is 13.0 Å². The second kappa shape index (κ2) is 5.69. The van der Waals surface area contributed by atoms with Crippen molar-refractivity contribution >= 4 is 11.6 Å². The molecule has 0 aromatic heterocycles. The number of benzene rings is 1. The summed E-state index contributed by atoms with van der Waals surface area (Å²) < 4.78 is 5.56. The Balaban J connectivity index is 2.01. The van der Waals surface area contributed by atoms with Crippen LogP contribution in [0.15, 0.2) is 12.1 Å². The number of hydrogen-bond acceptors (Lipinski definition) is 4. The van der Waals surface area contributed by atoms with Crippen molar-refractivity contribution in [3.05, 3.63) is 28.3 Å². The Hall–Kier alpha value is -0.810. The lowest BCUT2D eigenvalue weighted by Gasteiger charge is -2.12. The van der Waals surface area contributed by atoms with Crippen LogP contribution < -0.4 is 10.1 Å². The third kappa shape index (κ3) is 3.10. The van der Waals surface area contributed by atoms with Gasteiger partial charge in [0.1, 0.15) is 5.75 Å². The van der Waals surface area contributed by atoms with Gasteiger partial charge < -0.3 is 20.3 Å². The van der Waals surface area contributed by atoms with Gasteiger partial charge in [0.15, 0.2) is 0 Å². The molecule has 1 aliphatic heterocycles. The van der Waals surface area contributed by atoms with Crippen LogP contribution in [0.2, 0.25) is 5.02 Å². The van der Waals surface area contributed by atoms with Crippen LogP contribution >= 0.6 is 11.6 Å². The molecule has 0 aliphatic carbocycles. The van der Waals surface area contributed by atoms with Crippen molar-refractivity contribution in [1.82, 2.24) is 5.32 Å². The number of halogens is 1. The molecule has 0 saturated heterocycles. The molecule has 1 aromatic carbocycles. The second-order valence-corrected chi connectivity index (χ2v) is 4.56. The third-order valence-corrected chi connectivity index (χ3v) is 2.95. The highest BCUT2D eigenvalue weighted by molar-refractivity contribution is 6.30. The molecule has 5 heteroatoms. The smallest absolute Gasteiger partial charge is 0.127 e. The van der Waals surface area contributed by atoms with Gasteiger partial charge in [-0.3, -0.25) is 0 Å². The average molecular weight is 258 g/mol. The number of aliphatic hydroxyl groups excluding tert-OH is 2. The highest BCUT2D eigenvalue weighted by Gasteiger charge is 2.17. The molecule has 1 aromatic rings. The topological polar surface area (TPSA) is 61.7 Å². The Kier molecular flexibility index (Phi) is 4.23. The molecule has 0 amide bonds. The highest BCUT2D eigenvalue weighted by Crippen LogP contribution is 2.32. The third-order valence-electron chi connectivity index (χ3n) is 2.73. The number of hydrogen-bond donors (Lipinski definition) is 3. The molecular formula is C12H16ClNO3. The fourth-order valence-electron chi connectivity index (χ4n) is 1.92. The molecule has 0 bridgehead atoms. The van der Waals surface area contributed by atoms with E-state index in [0.29, 0.717) is 24.7 Å². The lowest BCUT2D eigenvalue weighted by atomic mass is 10.1. The summed E-state index contributed by atoms with van der Waals surface area (Å²) in [7, 11) is 0. The molecule has 3 N–H and O–H groups in total. The van der Waals surface area contributed by atoms with Gasteiger partial charge in [-0.15, -0.1) is 0 Å². The quantitative estimate of drug-likeness (QED) is 0.727. The van der Waals surface area contributed by atoms with Gasteiger partial charge >= 0.3 is 0 Å². The van der Waals surface area contributed by atoms with Crippen molar-refractivity contribution in [2.24, 2.45) is 0 Å². The van der Waals surface area contributed by atoms with E-state index in [2.05, 4.69) is 5.32 Å². The van der Waals surface area contributed by atoms with E-state index in [0.717, 1.165) is 23.3 Å². The maximum atomic E-state index is 9.21. The summed E-state index contributed by atoms with van der Waals surface area (Å²) in [5, 5.41) is 21.7. The summed E-state index contributed by atoms with van der Waals surface area (Å²) in [5.74, 6) is 0.903. The van der Waals surface area contributed by atoms with Crippen molar-refractivity contribution in [2.45, 2.75) is 19.1 Å². The molecule has 0 fully saturated rings. The van der Waals surface area contributed by atoms with Crippen LogP contribution in [0.5, 0.6) is 5.75 Å². The molecule has 0 spiro atoms. The minimum Gasteiger partial charge on any atom is -0.493 e. The van der Waals surface area contributed by atoms with Crippen molar-refractivity contribution in [3.63, 3.8) is 0 Å². The Morgan fingerprint density at radius 3 is 3.06 bits per heavy atom. The van der Waals surface area contributed by atoms with E-state index < -0.39 is 6.10 Å². The summed E-state index contributed by atoms with van der Waals surface area (Å²) in [5.41, 5.74) is 2.13. The average Bonchev–Trinajstić information content (AvgIpc) is 2.76. The Morgan fingerprint density at radius 2 is 2.29 bits per heavy atom. The molecule has 4 nitrogen and oxygen atoms in total. The van der Waals surface area contributed by atoms with Crippen LogP contribution in [0.25, 0.3) is 0 Å². The molecule has 1 atom stereocenters. The maximum Gasteiger partial charge on any atom is 0.127 e. The van der Waals surface area contributed by atoms with Crippen LogP contribution in [0.3, 0.4) is 0 Å². The van der Waals surface area contributed by atoms with Crippen LogP contribution in [0, 0.1) is 0 Å². The molecule has 0 saturated carbocycles. The summed E-state index contributed by atoms with van der Waals surface area (Å²) in [4.78, 5) is 0. The minimum absolute atomic E-state index is 0.239. The number of ether oxygens (including phenoxy) is 1. The van der Waals surface area contributed by atoms with E-state index in [1.54, 1.807) is 0 Å². The molecule has 0 radical (unpaired) electrons. The largest absolute Gasteiger partial charge is 0.493 e. The first-order valence-electron chi connectivity index (χ1n) is 5.64. The zero-order valence-corrected chi connectivity index (χ0v) is 10.2. The lowest BCUT2D eigenvalue weighted by molar-refractivity contribution is 0.0942. The molecule has 1 heterocycles. The van der Waals surface area contributed by atoms with Gasteiger partial charge in [-0.25, -0.2) is 0 Å². The zero-order chi connectivity index (χ0) is 12.3. The van der Waals surface area contributed by atoms with Crippen LogP contribution in [0.1, 0.15) is 11.1 Å². The zero-order valence-electron chi connectivity index (χ0n) is 9.45. The number of fused-ring (bicyclic) bond motifs is 1. The van der Waals surface area contributed by atoms with E-state index in [-0.39, 0.29) is 6.61 Å². The first-order chi connectivity index (χ1) is 8.20. The lowest BCUT2D eigenvalue weighted by Crippen LogP contribution is -2.29. The number of aliphatic hydroxyl groups is 2. The molecule has 1 unspecified atom stereocenters. The predicted molar refractivity (Wildman–Crippen MR) is 65.5 cm³/mol. The Labute approximate surface area is 105 Å². The van der Waals surface area contributed by atoms with Gasteiger partial charge in [-0.05, 0) is 17.7 Å². The molecule has 17 heavy (non-hydrogen) atoms. The number of rotatable bonds is 5. The predicted octanol–water partition coefficient (Wildman–Crippen LogP) is 0.718. The summed E-state index contributed by atoms with van der Waals surface area (Å²) in [6, 6.07) is 3.79. The molecule has 94 valence electrons. The van der Waals surface area contributed by atoms with Crippen molar-refractivity contribution in [1.29, 1.82) is 0 Å². The van der Waals surface area contributed by atoms with Gasteiger partial charge in [-0.1, -0.05) is 11.6 Å². The van der Waals surface area contributed by atoms with Crippen LogP contribution in [-0.4, -0.2) is 36.1 Å². The SMILES string of the molecule is OCC(O)CNCc1cc(Cl)cc2c1OCC2. The van der Waals surface area contributed by atoms with Gasteiger partial charge in [0.2, 0.25) is 0 Å². The van der Waals surface area contributed by atoms with Gasteiger partial charge in [-0.2, -0.15) is 0 Å². The number of nitrogens with one attached hydrogen (secondary N) is 1. The molecule has 2 rings (SSSR count). The van der Waals surface area contributed by atoms with Crippen molar-refractivity contribution in [2.75, 3.05) is 19.8 Å². The highest BCUT2D eigenvalue weighted by atomic mass is 35.5. The summed E-state index contributed by atoms with van der Waals surface area (Å²) in [6.07, 6.45) is 0.158. The monoisotopic (exact) mass is 257 g/mol. The van der Waals surface area contributed by atoms with Crippen molar-refractivity contribution < 1.29 is 14.9 Å².